The van der Waals surface area contributed by atoms with Crippen LogP contribution in [0, 0.1) is 0 Å². The van der Waals surface area contributed by atoms with Gasteiger partial charge in [0, 0.05) is 13.1 Å². The molecule has 0 bridgehead atoms. The molecule has 6 nitrogen and oxygen atoms in total. The molecule has 0 aliphatic rings. The van der Waals surface area contributed by atoms with Gasteiger partial charge >= 0.3 is 0 Å². The average molecular weight is 279 g/mol. The Balaban J connectivity index is 2.41. The summed E-state index contributed by atoms with van der Waals surface area (Å²) in [6.45, 7) is 1.26. The summed E-state index contributed by atoms with van der Waals surface area (Å²) in [5, 5.41) is 5.29. The van der Waals surface area contributed by atoms with Crippen molar-refractivity contribution in [2.24, 2.45) is 0 Å². The van der Waals surface area contributed by atoms with Crippen LogP contribution in [-0.2, 0) is 4.79 Å². The van der Waals surface area contributed by atoms with E-state index in [1.54, 1.807) is 24.3 Å². The fraction of sp³-hybridized carbons (Fsp3) is 0.429. The third kappa shape index (κ3) is 5.27. The minimum absolute atomic E-state index is 0.0513. The molecule has 0 aliphatic carbocycles. The minimum Gasteiger partial charge on any atom is -0.496 e. The lowest BCUT2D eigenvalue weighted by Gasteiger charge is -2.11. The Labute approximate surface area is 119 Å². The van der Waals surface area contributed by atoms with Crippen molar-refractivity contribution in [3.63, 3.8) is 0 Å². The predicted molar refractivity (Wildman–Crippen MR) is 76.9 cm³/mol. The fourth-order valence-electron chi connectivity index (χ4n) is 1.57. The van der Waals surface area contributed by atoms with Crippen LogP contribution < -0.4 is 15.4 Å². The summed E-state index contributed by atoms with van der Waals surface area (Å²) < 4.78 is 5.10. The molecule has 0 radical (unpaired) electrons. The first-order valence-electron chi connectivity index (χ1n) is 6.37. The summed E-state index contributed by atoms with van der Waals surface area (Å²) >= 11 is 0. The average Bonchev–Trinajstić information content (AvgIpc) is 2.44. The second-order valence-corrected chi connectivity index (χ2v) is 4.54. The Morgan fingerprint density at radius 2 is 1.90 bits per heavy atom. The molecule has 1 rings (SSSR count). The highest BCUT2D eigenvalue weighted by Crippen LogP contribution is 2.16. The molecular formula is C14H21N3O3. The molecule has 0 heterocycles. The van der Waals surface area contributed by atoms with Gasteiger partial charge in [0.25, 0.3) is 5.91 Å². The van der Waals surface area contributed by atoms with Crippen LogP contribution in [0.3, 0.4) is 0 Å². The molecule has 2 amide bonds. The number of rotatable bonds is 7. The number of methoxy groups -OCH3 is 1. The molecule has 1 aromatic carbocycles. The summed E-state index contributed by atoms with van der Waals surface area (Å²) in [4.78, 5) is 25.4. The molecule has 0 aliphatic heterocycles. The zero-order valence-electron chi connectivity index (χ0n) is 12.1. The highest BCUT2D eigenvalue weighted by molar-refractivity contribution is 5.98. The summed E-state index contributed by atoms with van der Waals surface area (Å²) in [5.41, 5.74) is 0.413. The summed E-state index contributed by atoms with van der Waals surface area (Å²) in [5.74, 6) is -0.0571. The van der Waals surface area contributed by atoms with E-state index in [1.165, 1.54) is 7.11 Å². The van der Waals surface area contributed by atoms with Gasteiger partial charge in [0.1, 0.15) is 5.75 Å². The molecule has 0 atom stereocenters. The van der Waals surface area contributed by atoms with Crippen LogP contribution in [0.5, 0.6) is 5.75 Å². The number of benzene rings is 1. The molecule has 0 saturated heterocycles. The molecule has 0 saturated carbocycles. The number of ether oxygens (including phenoxy) is 1. The number of nitrogens with one attached hydrogen (secondary N) is 2. The highest BCUT2D eigenvalue weighted by Gasteiger charge is 2.12. The lowest BCUT2D eigenvalue weighted by atomic mass is 10.2. The molecule has 0 spiro atoms. The third-order valence-electron chi connectivity index (χ3n) is 2.64. The predicted octanol–water partition coefficient (Wildman–Crippen LogP) is 0.103. The molecule has 1 aromatic rings. The topological polar surface area (TPSA) is 70.7 Å². The number of likely N-dealkylation sites (N-methyl/N-ethyl adjacent to an activating group) is 1. The van der Waals surface area contributed by atoms with E-state index in [1.807, 2.05) is 19.0 Å². The van der Waals surface area contributed by atoms with Crippen LogP contribution in [-0.4, -0.2) is 57.6 Å². The standard InChI is InChI=1S/C14H21N3O3/c1-17(2)9-8-15-13(18)10-16-14(19)11-6-4-5-7-12(11)20-3/h4-7H,8-10H2,1-3H3,(H,15,18)(H,16,19). The number of carbonyl (C=O) groups excluding carboxylic acids is 2. The van der Waals surface area contributed by atoms with Gasteiger partial charge in [-0.15, -0.1) is 0 Å². The van der Waals surface area contributed by atoms with Crippen molar-refractivity contribution in [3.05, 3.63) is 29.8 Å². The fourth-order valence-corrected chi connectivity index (χ4v) is 1.57. The van der Waals surface area contributed by atoms with E-state index in [-0.39, 0.29) is 18.4 Å². The Kier molecular flexibility index (Phi) is 6.52. The molecular weight excluding hydrogens is 258 g/mol. The van der Waals surface area contributed by atoms with E-state index in [2.05, 4.69) is 10.6 Å². The number of amides is 2. The monoisotopic (exact) mass is 279 g/mol. The first kappa shape index (κ1) is 16.0. The van der Waals surface area contributed by atoms with Gasteiger partial charge in [-0.3, -0.25) is 9.59 Å². The summed E-state index contributed by atoms with van der Waals surface area (Å²) in [6.07, 6.45) is 0. The number of nitrogens with zero attached hydrogens (tertiary/aromatic N) is 1. The Hall–Kier alpha value is -2.08. The van der Waals surface area contributed by atoms with Gasteiger partial charge in [0.2, 0.25) is 5.91 Å². The van der Waals surface area contributed by atoms with Crippen molar-refractivity contribution in [3.8, 4) is 5.75 Å². The first-order valence-corrected chi connectivity index (χ1v) is 6.37. The first-order chi connectivity index (χ1) is 9.54. The lowest BCUT2D eigenvalue weighted by Crippen LogP contribution is -2.39. The van der Waals surface area contributed by atoms with Gasteiger partial charge in [-0.2, -0.15) is 0 Å². The molecule has 0 aromatic heterocycles. The maximum absolute atomic E-state index is 11.9. The zero-order chi connectivity index (χ0) is 15.0. The van der Waals surface area contributed by atoms with E-state index in [9.17, 15) is 9.59 Å². The molecule has 2 N–H and O–H groups in total. The second-order valence-electron chi connectivity index (χ2n) is 4.54. The van der Waals surface area contributed by atoms with Gasteiger partial charge in [0.05, 0.1) is 19.2 Å². The smallest absolute Gasteiger partial charge is 0.255 e. The summed E-state index contributed by atoms with van der Waals surface area (Å²) in [7, 11) is 5.35. The maximum Gasteiger partial charge on any atom is 0.255 e. The minimum atomic E-state index is -0.329. The van der Waals surface area contributed by atoms with Gasteiger partial charge < -0.3 is 20.3 Å². The van der Waals surface area contributed by atoms with Crippen molar-refractivity contribution >= 4 is 11.8 Å². The SMILES string of the molecule is COc1ccccc1C(=O)NCC(=O)NCCN(C)C. The van der Waals surface area contributed by atoms with Crippen LogP contribution in [0.4, 0.5) is 0 Å². The molecule has 6 heteroatoms. The van der Waals surface area contributed by atoms with Crippen molar-refractivity contribution in [1.29, 1.82) is 0 Å². The molecule has 20 heavy (non-hydrogen) atoms. The molecule has 110 valence electrons. The molecule has 0 unspecified atom stereocenters. The van der Waals surface area contributed by atoms with Crippen LogP contribution in [0.2, 0.25) is 0 Å². The number of carbonyl (C=O) groups is 2. The summed E-state index contributed by atoms with van der Waals surface area (Å²) in [6, 6.07) is 6.88. The van der Waals surface area contributed by atoms with Crippen molar-refractivity contribution in [2.45, 2.75) is 0 Å². The van der Waals surface area contributed by atoms with Crippen LogP contribution in [0.1, 0.15) is 10.4 Å². The van der Waals surface area contributed by atoms with E-state index in [0.29, 0.717) is 17.9 Å². The third-order valence-corrected chi connectivity index (χ3v) is 2.64. The maximum atomic E-state index is 11.9. The second kappa shape index (κ2) is 8.16. The Morgan fingerprint density at radius 1 is 1.20 bits per heavy atom. The number of hydrogen-bond acceptors (Lipinski definition) is 4. The van der Waals surface area contributed by atoms with Gasteiger partial charge in [-0.1, -0.05) is 12.1 Å². The van der Waals surface area contributed by atoms with E-state index >= 15 is 0 Å². The quantitative estimate of drug-likeness (QED) is 0.743. The largest absolute Gasteiger partial charge is 0.496 e. The Morgan fingerprint density at radius 3 is 2.55 bits per heavy atom. The highest BCUT2D eigenvalue weighted by atomic mass is 16.5. The van der Waals surface area contributed by atoms with Gasteiger partial charge in [0.15, 0.2) is 0 Å². The van der Waals surface area contributed by atoms with Crippen LogP contribution in [0.25, 0.3) is 0 Å². The van der Waals surface area contributed by atoms with E-state index in [4.69, 9.17) is 4.74 Å². The van der Waals surface area contributed by atoms with Crippen molar-refractivity contribution < 1.29 is 14.3 Å². The van der Waals surface area contributed by atoms with Crippen molar-refractivity contribution in [2.75, 3.05) is 40.8 Å². The van der Waals surface area contributed by atoms with Gasteiger partial charge in [-0.05, 0) is 26.2 Å². The van der Waals surface area contributed by atoms with Crippen LogP contribution in [0.15, 0.2) is 24.3 Å². The zero-order valence-corrected chi connectivity index (χ0v) is 12.1. The molecule has 0 fully saturated rings. The number of para-hydroxylation sites is 1. The van der Waals surface area contributed by atoms with E-state index in [0.717, 1.165) is 6.54 Å². The Bertz CT molecular complexity index is 461. The normalized spacial score (nSPS) is 10.2. The van der Waals surface area contributed by atoms with Gasteiger partial charge in [-0.25, -0.2) is 0 Å². The van der Waals surface area contributed by atoms with Crippen LogP contribution >= 0.6 is 0 Å². The van der Waals surface area contributed by atoms with E-state index < -0.39 is 0 Å². The van der Waals surface area contributed by atoms with Crippen molar-refractivity contribution in [1.82, 2.24) is 15.5 Å². The lowest BCUT2D eigenvalue weighted by molar-refractivity contribution is -0.120. The number of hydrogen-bond donors (Lipinski definition) is 2.